The second-order valence-electron chi connectivity index (χ2n) is 5.34. The Bertz CT molecular complexity index is 873. The van der Waals surface area contributed by atoms with Crippen molar-refractivity contribution < 1.29 is 13.6 Å². The number of hydrogen-bond donors (Lipinski definition) is 1. The number of pyridine rings is 1. The number of nitrogens with zero attached hydrogens (tertiary/aromatic N) is 3. The molecule has 3 aromatic heterocycles. The second kappa shape index (κ2) is 6.48. The van der Waals surface area contributed by atoms with Gasteiger partial charge in [0, 0.05) is 9.75 Å². The van der Waals surface area contributed by atoms with Crippen LogP contribution < -0.4 is 5.32 Å². The van der Waals surface area contributed by atoms with Crippen LogP contribution in [-0.4, -0.2) is 21.1 Å². The van der Waals surface area contributed by atoms with Gasteiger partial charge >= 0.3 is 11.8 Å². The van der Waals surface area contributed by atoms with Crippen molar-refractivity contribution in [1.29, 1.82) is 0 Å². The zero-order valence-electron chi connectivity index (χ0n) is 13.3. The summed E-state index contributed by atoms with van der Waals surface area (Å²) < 4.78 is 18.2. The van der Waals surface area contributed by atoms with Crippen molar-refractivity contribution in [3.8, 4) is 11.6 Å². The van der Waals surface area contributed by atoms with E-state index in [1.807, 2.05) is 26.8 Å². The fraction of sp³-hybridized carbons (Fsp3) is 0.250. The summed E-state index contributed by atoms with van der Waals surface area (Å²) in [6.45, 7) is 5.93. The highest BCUT2D eigenvalue weighted by molar-refractivity contribution is 7.12. The van der Waals surface area contributed by atoms with Gasteiger partial charge in [-0.15, -0.1) is 21.5 Å². The molecule has 0 aromatic carbocycles. The smallest absolute Gasteiger partial charge is 0.309 e. The molecule has 8 heteroatoms. The van der Waals surface area contributed by atoms with Gasteiger partial charge in [0.05, 0.1) is 12.2 Å². The Morgan fingerprint density at radius 3 is 2.75 bits per heavy atom. The molecule has 0 aliphatic heterocycles. The van der Waals surface area contributed by atoms with Gasteiger partial charge in [0.1, 0.15) is 11.5 Å². The molecule has 3 rings (SSSR count). The molecule has 124 valence electrons. The molecule has 1 amide bonds. The minimum Gasteiger partial charge on any atom is -0.411 e. The number of amides is 1. The van der Waals surface area contributed by atoms with Crippen LogP contribution in [-0.2, 0) is 0 Å². The van der Waals surface area contributed by atoms with Crippen LogP contribution in [0.15, 0.2) is 28.8 Å². The average Bonchev–Trinajstić information content (AvgIpc) is 3.14. The summed E-state index contributed by atoms with van der Waals surface area (Å²) in [7, 11) is 0. The quantitative estimate of drug-likeness (QED) is 0.783. The molecule has 0 saturated heterocycles. The van der Waals surface area contributed by atoms with Crippen LogP contribution in [0.5, 0.6) is 0 Å². The van der Waals surface area contributed by atoms with E-state index in [0.29, 0.717) is 5.69 Å². The van der Waals surface area contributed by atoms with Gasteiger partial charge in [-0.2, -0.15) is 0 Å². The molecule has 0 bridgehead atoms. The highest BCUT2D eigenvalue weighted by Gasteiger charge is 2.20. The predicted octanol–water partition coefficient (Wildman–Crippen LogP) is 3.44. The topological polar surface area (TPSA) is 80.9 Å². The molecule has 3 heterocycles. The van der Waals surface area contributed by atoms with Crippen LogP contribution in [0.25, 0.3) is 11.6 Å². The van der Waals surface area contributed by atoms with Gasteiger partial charge in [0.15, 0.2) is 0 Å². The Morgan fingerprint density at radius 2 is 2.12 bits per heavy atom. The zero-order chi connectivity index (χ0) is 17.3. The van der Waals surface area contributed by atoms with Crippen molar-refractivity contribution in [3.05, 3.63) is 51.4 Å². The molecule has 0 spiro atoms. The summed E-state index contributed by atoms with van der Waals surface area (Å²) in [5.41, 5.74) is 1.37. The molecule has 24 heavy (non-hydrogen) atoms. The summed E-state index contributed by atoms with van der Waals surface area (Å²) in [6, 6.07) is 4.51. The molecule has 1 N–H and O–H groups in total. The number of halogens is 1. The standard InChI is InChI=1S/C16H15FN4O2S/c1-8-6-12(10(3)24-8)9(2)19-14(22)16-21-20-15(23-16)13-5-4-11(17)7-18-13/h4-7,9H,1-3H3,(H,19,22). The number of aryl methyl sites for hydroxylation is 2. The number of rotatable bonds is 4. The minimum absolute atomic E-state index is 0.0651. The number of carbonyl (C=O) groups is 1. The SMILES string of the molecule is Cc1cc(C(C)NC(=O)c2nnc(-c3ccc(F)cn3)o2)c(C)s1. The van der Waals surface area contributed by atoms with Gasteiger partial charge in [-0.25, -0.2) is 9.37 Å². The maximum absolute atomic E-state index is 12.9. The van der Waals surface area contributed by atoms with E-state index in [-0.39, 0.29) is 17.8 Å². The van der Waals surface area contributed by atoms with E-state index in [0.717, 1.165) is 16.6 Å². The van der Waals surface area contributed by atoms with Gasteiger partial charge in [0.2, 0.25) is 0 Å². The molecule has 0 aliphatic rings. The van der Waals surface area contributed by atoms with Crippen LogP contribution in [0.1, 0.15) is 39.0 Å². The van der Waals surface area contributed by atoms with Crippen molar-refractivity contribution in [3.63, 3.8) is 0 Å². The second-order valence-corrected chi connectivity index (χ2v) is 6.80. The Kier molecular flexibility index (Phi) is 4.39. The van der Waals surface area contributed by atoms with Gasteiger partial charge < -0.3 is 9.73 Å². The average molecular weight is 346 g/mol. The molecular weight excluding hydrogens is 331 g/mol. The van der Waals surface area contributed by atoms with Gasteiger partial charge in [-0.1, -0.05) is 0 Å². The van der Waals surface area contributed by atoms with Crippen molar-refractivity contribution in [2.24, 2.45) is 0 Å². The monoisotopic (exact) mass is 346 g/mol. The van der Waals surface area contributed by atoms with Crippen molar-refractivity contribution in [2.45, 2.75) is 26.8 Å². The van der Waals surface area contributed by atoms with Crippen LogP contribution >= 0.6 is 11.3 Å². The largest absolute Gasteiger partial charge is 0.411 e. The fourth-order valence-electron chi connectivity index (χ4n) is 2.34. The first-order valence-electron chi connectivity index (χ1n) is 7.27. The Balaban J connectivity index is 1.74. The first kappa shape index (κ1) is 16.3. The molecule has 6 nitrogen and oxygen atoms in total. The number of thiophene rings is 1. The molecule has 0 radical (unpaired) electrons. The molecule has 1 unspecified atom stereocenters. The van der Waals surface area contributed by atoms with E-state index in [1.54, 1.807) is 11.3 Å². The Labute approximate surface area is 141 Å². The summed E-state index contributed by atoms with van der Waals surface area (Å²) in [4.78, 5) is 18.4. The lowest BCUT2D eigenvalue weighted by atomic mass is 10.1. The Hall–Kier alpha value is -2.61. The normalized spacial score (nSPS) is 12.2. The summed E-state index contributed by atoms with van der Waals surface area (Å²) in [6.07, 6.45) is 1.04. The molecule has 0 fully saturated rings. The zero-order valence-corrected chi connectivity index (χ0v) is 14.1. The first-order valence-corrected chi connectivity index (χ1v) is 8.09. The van der Waals surface area contributed by atoms with Crippen molar-refractivity contribution in [1.82, 2.24) is 20.5 Å². The minimum atomic E-state index is -0.466. The molecule has 1 atom stereocenters. The molecule has 0 saturated carbocycles. The number of nitrogens with one attached hydrogen (secondary N) is 1. The van der Waals surface area contributed by atoms with E-state index >= 15 is 0 Å². The summed E-state index contributed by atoms with van der Waals surface area (Å²) >= 11 is 1.68. The van der Waals surface area contributed by atoms with Gasteiger partial charge in [-0.05, 0) is 44.5 Å². The number of aromatic nitrogens is 3. The highest BCUT2D eigenvalue weighted by atomic mass is 32.1. The third-order valence-electron chi connectivity index (χ3n) is 3.46. The predicted molar refractivity (Wildman–Crippen MR) is 87.2 cm³/mol. The molecule has 3 aromatic rings. The summed E-state index contributed by atoms with van der Waals surface area (Å²) in [5.74, 6) is -1.03. The van der Waals surface area contributed by atoms with E-state index in [2.05, 4.69) is 20.5 Å². The van der Waals surface area contributed by atoms with Crippen LogP contribution in [0, 0.1) is 19.7 Å². The third kappa shape index (κ3) is 3.33. The van der Waals surface area contributed by atoms with E-state index in [1.165, 1.54) is 17.0 Å². The van der Waals surface area contributed by atoms with E-state index < -0.39 is 11.7 Å². The van der Waals surface area contributed by atoms with Gasteiger partial charge in [0.25, 0.3) is 5.89 Å². The fourth-order valence-corrected chi connectivity index (χ4v) is 3.36. The lowest BCUT2D eigenvalue weighted by molar-refractivity contribution is 0.0905. The molecular formula is C16H15FN4O2S. The maximum Gasteiger partial charge on any atom is 0.309 e. The summed E-state index contributed by atoms with van der Waals surface area (Å²) in [5, 5.41) is 10.3. The van der Waals surface area contributed by atoms with Crippen LogP contribution in [0.4, 0.5) is 4.39 Å². The van der Waals surface area contributed by atoms with Gasteiger partial charge in [-0.3, -0.25) is 4.79 Å². The highest BCUT2D eigenvalue weighted by Crippen LogP contribution is 2.26. The van der Waals surface area contributed by atoms with Crippen molar-refractivity contribution in [2.75, 3.05) is 0 Å². The van der Waals surface area contributed by atoms with E-state index in [9.17, 15) is 9.18 Å². The lowest BCUT2D eigenvalue weighted by Crippen LogP contribution is -2.27. The van der Waals surface area contributed by atoms with Crippen molar-refractivity contribution >= 4 is 17.2 Å². The molecule has 0 aliphatic carbocycles. The van der Waals surface area contributed by atoms with Crippen LogP contribution in [0.2, 0.25) is 0 Å². The van der Waals surface area contributed by atoms with E-state index in [4.69, 9.17) is 4.42 Å². The van der Waals surface area contributed by atoms with Crippen LogP contribution in [0.3, 0.4) is 0 Å². The number of hydrogen-bond acceptors (Lipinski definition) is 6. The first-order chi connectivity index (χ1) is 11.4. The maximum atomic E-state index is 12.9. The lowest BCUT2D eigenvalue weighted by Gasteiger charge is -2.12. The number of carbonyl (C=O) groups excluding carboxylic acids is 1. The Morgan fingerprint density at radius 1 is 1.33 bits per heavy atom. The third-order valence-corrected chi connectivity index (χ3v) is 4.44.